The Labute approximate surface area is 140 Å². The number of aromatic nitrogens is 2. The van der Waals surface area contributed by atoms with Crippen molar-refractivity contribution in [3.63, 3.8) is 0 Å². The molecule has 24 heavy (non-hydrogen) atoms. The topological polar surface area (TPSA) is 113 Å². The van der Waals surface area contributed by atoms with Gasteiger partial charge < -0.3 is 0 Å². The number of rotatable bonds is 5. The van der Waals surface area contributed by atoms with Gasteiger partial charge in [-0.3, -0.25) is 20.0 Å². The molecule has 0 atom stereocenters. The Bertz CT molecular complexity index is 901. The number of amides is 1. The minimum atomic E-state index is -0.483. The maximum Gasteiger partial charge on any atom is 0.289 e. The largest absolute Gasteiger partial charge is 0.289 e. The van der Waals surface area contributed by atoms with E-state index in [4.69, 9.17) is 0 Å². The van der Waals surface area contributed by atoms with Crippen LogP contribution in [0.25, 0.3) is 11.3 Å². The van der Waals surface area contributed by atoms with E-state index in [1.807, 2.05) is 17.5 Å². The second-order valence-corrected chi connectivity index (χ2v) is 5.67. The Morgan fingerprint density at radius 1 is 1.33 bits per heavy atom. The lowest BCUT2D eigenvalue weighted by Crippen LogP contribution is -2.17. The van der Waals surface area contributed by atoms with Gasteiger partial charge in [-0.1, -0.05) is 18.2 Å². The third kappa shape index (κ3) is 3.52. The molecule has 1 aromatic carbocycles. The van der Waals surface area contributed by atoms with Gasteiger partial charge in [-0.05, 0) is 17.5 Å². The first kappa shape index (κ1) is 15.6. The number of hydrogen-bond acceptors (Lipinski definition) is 6. The van der Waals surface area contributed by atoms with E-state index in [1.54, 1.807) is 18.3 Å². The fourth-order valence-electron chi connectivity index (χ4n) is 1.94. The normalized spacial score (nSPS) is 10.8. The van der Waals surface area contributed by atoms with Crippen LogP contribution in [0.1, 0.15) is 15.4 Å². The average molecular weight is 341 g/mol. The smallest absolute Gasteiger partial charge is 0.272 e. The second kappa shape index (κ2) is 6.84. The Balaban J connectivity index is 1.72. The number of carbonyl (C=O) groups excluding carboxylic acids is 1. The van der Waals surface area contributed by atoms with Crippen LogP contribution < -0.4 is 5.43 Å². The monoisotopic (exact) mass is 341 g/mol. The number of hydrogen-bond donors (Lipinski definition) is 2. The first-order chi connectivity index (χ1) is 11.6. The molecule has 120 valence electrons. The number of nitrogens with one attached hydrogen (secondary N) is 2. The summed E-state index contributed by atoms with van der Waals surface area (Å²) in [5.41, 5.74) is 3.54. The Morgan fingerprint density at radius 2 is 2.21 bits per heavy atom. The van der Waals surface area contributed by atoms with Crippen LogP contribution in [0.5, 0.6) is 0 Å². The van der Waals surface area contributed by atoms with Crippen LogP contribution >= 0.6 is 11.3 Å². The summed E-state index contributed by atoms with van der Waals surface area (Å²) in [5.74, 6) is -0.452. The SMILES string of the molecule is O=C(NN=Cc1cccs1)c1cc(-c2cccc([N+](=O)[O-])c2)n[nH]1. The zero-order chi connectivity index (χ0) is 16.9. The van der Waals surface area contributed by atoms with Crippen LogP contribution in [-0.4, -0.2) is 27.2 Å². The molecule has 0 radical (unpaired) electrons. The number of nitrogens with zero attached hydrogens (tertiary/aromatic N) is 3. The Hall–Kier alpha value is -3.33. The van der Waals surface area contributed by atoms with E-state index in [-0.39, 0.29) is 11.4 Å². The van der Waals surface area contributed by atoms with Gasteiger partial charge in [0.1, 0.15) is 5.69 Å². The summed E-state index contributed by atoms with van der Waals surface area (Å²) in [5, 5.41) is 23.2. The molecule has 3 aromatic rings. The summed E-state index contributed by atoms with van der Waals surface area (Å²) in [7, 11) is 0. The van der Waals surface area contributed by atoms with Gasteiger partial charge >= 0.3 is 0 Å². The van der Waals surface area contributed by atoms with Crippen LogP contribution in [0.15, 0.2) is 52.9 Å². The number of nitro benzene ring substituents is 1. The van der Waals surface area contributed by atoms with Gasteiger partial charge in [-0.15, -0.1) is 11.3 Å². The van der Waals surface area contributed by atoms with Gasteiger partial charge in [0.05, 0.1) is 16.8 Å². The fraction of sp³-hybridized carbons (Fsp3) is 0. The maximum atomic E-state index is 12.0. The van der Waals surface area contributed by atoms with Crippen molar-refractivity contribution < 1.29 is 9.72 Å². The predicted octanol–water partition coefficient (Wildman–Crippen LogP) is 2.81. The van der Waals surface area contributed by atoms with Crippen molar-refractivity contribution in [2.45, 2.75) is 0 Å². The van der Waals surface area contributed by atoms with E-state index in [2.05, 4.69) is 20.7 Å². The zero-order valence-corrected chi connectivity index (χ0v) is 13.0. The standard InChI is InChI=1S/C15H11N5O3S/c21-15(19-16-9-12-5-2-6-24-12)14-8-13(17-18-14)10-3-1-4-11(7-10)20(22)23/h1-9H,(H,17,18)(H,19,21). The van der Waals surface area contributed by atoms with Gasteiger partial charge in [0.2, 0.25) is 0 Å². The van der Waals surface area contributed by atoms with Crippen molar-refractivity contribution >= 4 is 29.1 Å². The van der Waals surface area contributed by atoms with Crippen molar-refractivity contribution in [1.29, 1.82) is 0 Å². The molecule has 3 rings (SSSR count). The highest BCUT2D eigenvalue weighted by Gasteiger charge is 2.13. The lowest BCUT2D eigenvalue weighted by molar-refractivity contribution is -0.384. The lowest BCUT2D eigenvalue weighted by Gasteiger charge is -1.96. The molecule has 1 amide bonds. The highest BCUT2D eigenvalue weighted by Crippen LogP contribution is 2.22. The van der Waals surface area contributed by atoms with Crippen molar-refractivity contribution in [1.82, 2.24) is 15.6 Å². The number of thiophene rings is 1. The van der Waals surface area contributed by atoms with Gasteiger partial charge in [-0.2, -0.15) is 10.2 Å². The third-order valence-corrected chi connectivity index (χ3v) is 3.88. The molecule has 0 unspecified atom stereocenters. The van der Waals surface area contributed by atoms with Gasteiger partial charge in [0, 0.05) is 22.6 Å². The maximum absolute atomic E-state index is 12.0. The highest BCUT2D eigenvalue weighted by molar-refractivity contribution is 7.11. The summed E-state index contributed by atoms with van der Waals surface area (Å²) in [6.45, 7) is 0. The molecule has 0 saturated carbocycles. The molecule has 0 aliphatic carbocycles. The van der Waals surface area contributed by atoms with Crippen molar-refractivity contribution in [2.75, 3.05) is 0 Å². The molecule has 0 aliphatic heterocycles. The number of non-ortho nitro benzene ring substituents is 1. The first-order valence-corrected chi connectivity index (χ1v) is 7.68. The van der Waals surface area contributed by atoms with E-state index < -0.39 is 10.8 Å². The number of hydrazone groups is 1. The highest BCUT2D eigenvalue weighted by atomic mass is 32.1. The van der Waals surface area contributed by atoms with Crippen LogP contribution in [0.2, 0.25) is 0 Å². The second-order valence-electron chi connectivity index (χ2n) is 4.69. The number of H-pyrrole nitrogens is 1. The molecule has 2 heterocycles. The van der Waals surface area contributed by atoms with E-state index in [9.17, 15) is 14.9 Å². The molecular weight excluding hydrogens is 330 g/mol. The first-order valence-electron chi connectivity index (χ1n) is 6.80. The minimum Gasteiger partial charge on any atom is -0.272 e. The van der Waals surface area contributed by atoms with Crippen molar-refractivity contribution in [2.24, 2.45) is 5.10 Å². The summed E-state index contributed by atoms with van der Waals surface area (Å²) in [6.07, 6.45) is 1.54. The number of nitro groups is 1. The van der Waals surface area contributed by atoms with Crippen LogP contribution in [0, 0.1) is 10.1 Å². The summed E-state index contributed by atoms with van der Waals surface area (Å²) < 4.78 is 0. The van der Waals surface area contributed by atoms with E-state index in [0.29, 0.717) is 11.3 Å². The summed E-state index contributed by atoms with van der Waals surface area (Å²) in [6, 6.07) is 11.3. The summed E-state index contributed by atoms with van der Waals surface area (Å²) >= 11 is 1.50. The van der Waals surface area contributed by atoms with Gasteiger partial charge in [0.15, 0.2) is 0 Å². The number of benzene rings is 1. The predicted molar refractivity (Wildman–Crippen MR) is 90.1 cm³/mol. The number of carbonyl (C=O) groups is 1. The van der Waals surface area contributed by atoms with Crippen molar-refractivity contribution in [3.05, 3.63) is 68.5 Å². The minimum absolute atomic E-state index is 0.0398. The Morgan fingerprint density at radius 3 is 2.96 bits per heavy atom. The molecule has 0 fully saturated rings. The molecule has 2 N–H and O–H groups in total. The average Bonchev–Trinajstić information content (AvgIpc) is 3.26. The molecule has 0 bridgehead atoms. The van der Waals surface area contributed by atoms with E-state index in [0.717, 1.165) is 4.88 Å². The van der Waals surface area contributed by atoms with Gasteiger partial charge in [-0.25, -0.2) is 5.43 Å². The molecule has 2 aromatic heterocycles. The van der Waals surface area contributed by atoms with E-state index in [1.165, 1.54) is 29.5 Å². The zero-order valence-electron chi connectivity index (χ0n) is 12.2. The molecule has 9 heteroatoms. The van der Waals surface area contributed by atoms with Crippen molar-refractivity contribution in [3.8, 4) is 11.3 Å². The molecule has 0 aliphatic rings. The summed E-state index contributed by atoms with van der Waals surface area (Å²) in [4.78, 5) is 23.2. The third-order valence-electron chi connectivity index (χ3n) is 3.08. The van der Waals surface area contributed by atoms with E-state index >= 15 is 0 Å². The quantitative estimate of drug-likeness (QED) is 0.422. The van der Waals surface area contributed by atoms with Gasteiger partial charge in [0.25, 0.3) is 11.6 Å². The Kier molecular flexibility index (Phi) is 4.43. The molecule has 0 saturated heterocycles. The van der Waals surface area contributed by atoms with Crippen LogP contribution in [0.4, 0.5) is 5.69 Å². The molecular formula is C15H11N5O3S. The van der Waals surface area contributed by atoms with Crippen LogP contribution in [-0.2, 0) is 0 Å². The van der Waals surface area contributed by atoms with Crippen LogP contribution in [0.3, 0.4) is 0 Å². The molecule has 0 spiro atoms. The fourth-order valence-corrected chi connectivity index (χ4v) is 2.53. The molecule has 8 nitrogen and oxygen atoms in total. The lowest BCUT2D eigenvalue weighted by atomic mass is 10.1. The number of aromatic amines is 1.